The van der Waals surface area contributed by atoms with Gasteiger partial charge in [0, 0.05) is 42.5 Å². The van der Waals surface area contributed by atoms with Crippen molar-refractivity contribution in [3.05, 3.63) is 132 Å². The Balaban J connectivity index is 1.73. The van der Waals surface area contributed by atoms with Crippen molar-refractivity contribution in [3.8, 4) is 0 Å². The van der Waals surface area contributed by atoms with Gasteiger partial charge in [-0.2, -0.15) is 0 Å². The van der Waals surface area contributed by atoms with Gasteiger partial charge in [0.05, 0.1) is 0 Å². The highest BCUT2D eigenvalue weighted by Gasteiger charge is 2.44. The van der Waals surface area contributed by atoms with Crippen LogP contribution in [-0.4, -0.2) is 21.2 Å². The summed E-state index contributed by atoms with van der Waals surface area (Å²) in [5.41, 5.74) is 0.236. The lowest BCUT2D eigenvalue weighted by atomic mass is 9.80. The van der Waals surface area contributed by atoms with Gasteiger partial charge in [-0.05, 0) is 35.4 Å². The lowest BCUT2D eigenvalue weighted by Crippen LogP contribution is -2.39. The number of carbonyl (C=O) groups is 1. The number of ether oxygens (including phenoxy) is 1. The minimum atomic E-state index is -1.84. The van der Waals surface area contributed by atoms with E-state index in [2.05, 4.69) is 15.3 Å². The Morgan fingerprint density at radius 3 is 2.06 bits per heavy atom. The van der Waals surface area contributed by atoms with E-state index in [-0.39, 0.29) is 6.54 Å². The van der Waals surface area contributed by atoms with Crippen LogP contribution in [0.4, 0.5) is 9.18 Å². The number of pyridine rings is 2. The van der Waals surface area contributed by atoms with Gasteiger partial charge in [-0.25, -0.2) is 9.18 Å². The third-order valence-electron chi connectivity index (χ3n) is 5.26. The number of nitrogens with zero attached hydrogens (tertiary/aromatic N) is 2. The van der Waals surface area contributed by atoms with Gasteiger partial charge in [-0.1, -0.05) is 54.6 Å². The first-order chi connectivity index (χ1) is 16.1. The maximum atomic E-state index is 13.7. The highest BCUT2D eigenvalue weighted by molar-refractivity contribution is 5.68. The Hall–Kier alpha value is -4.10. The molecule has 4 aromatic rings. The molecule has 1 amide bonds. The molecular weight excluding hydrogens is 421 g/mol. The fourth-order valence-electron chi connectivity index (χ4n) is 3.60. The number of alkyl carbamates (subject to hydrolysis) is 1. The highest BCUT2D eigenvalue weighted by Crippen LogP contribution is 2.43. The second-order valence-electron chi connectivity index (χ2n) is 7.43. The van der Waals surface area contributed by atoms with Crippen LogP contribution < -0.4 is 5.32 Å². The second kappa shape index (κ2) is 10.0. The van der Waals surface area contributed by atoms with E-state index < -0.39 is 23.6 Å². The van der Waals surface area contributed by atoms with E-state index >= 15 is 0 Å². The summed E-state index contributed by atoms with van der Waals surface area (Å²) in [4.78, 5) is 21.1. The molecule has 0 aliphatic carbocycles. The number of carbonyl (C=O) groups excluding carboxylic acids is 1. The van der Waals surface area contributed by atoms with Crippen LogP contribution in [0.1, 0.15) is 28.4 Å². The van der Waals surface area contributed by atoms with Crippen molar-refractivity contribution in [2.24, 2.45) is 0 Å². The van der Waals surface area contributed by atoms with Crippen LogP contribution in [0, 0.1) is 5.82 Å². The zero-order valence-electron chi connectivity index (χ0n) is 17.6. The Morgan fingerprint density at radius 2 is 1.52 bits per heavy atom. The van der Waals surface area contributed by atoms with Gasteiger partial charge < -0.3 is 15.2 Å². The van der Waals surface area contributed by atoms with Crippen molar-refractivity contribution < 1.29 is 19.0 Å². The first kappa shape index (κ1) is 22.1. The maximum Gasteiger partial charge on any atom is 0.408 e. The molecule has 2 heterocycles. The number of halogens is 1. The fourth-order valence-corrected chi connectivity index (χ4v) is 3.60. The summed E-state index contributed by atoms with van der Waals surface area (Å²) in [5, 5.41) is 14.8. The van der Waals surface area contributed by atoms with Gasteiger partial charge in [0.25, 0.3) is 0 Å². The molecule has 0 saturated heterocycles. The smallest absolute Gasteiger partial charge is 0.408 e. The predicted molar refractivity (Wildman–Crippen MR) is 120 cm³/mol. The molecule has 0 aliphatic rings. The Labute approximate surface area is 190 Å². The molecule has 2 N–H and O–H groups in total. The molecule has 2 aromatic carbocycles. The van der Waals surface area contributed by atoms with Crippen LogP contribution in [0.25, 0.3) is 0 Å². The first-order valence-electron chi connectivity index (χ1n) is 10.3. The molecular formula is C26H22FN3O3. The fraction of sp³-hybridized carbons (Fsp3) is 0.115. The molecule has 33 heavy (non-hydrogen) atoms. The van der Waals surface area contributed by atoms with E-state index in [9.17, 15) is 14.3 Å². The molecule has 7 heteroatoms. The molecule has 2 aromatic heterocycles. The van der Waals surface area contributed by atoms with Crippen molar-refractivity contribution in [2.45, 2.75) is 18.2 Å². The summed E-state index contributed by atoms with van der Waals surface area (Å²) in [6, 6.07) is 21.5. The van der Waals surface area contributed by atoms with Crippen molar-refractivity contribution in [2.75, 3.05) is 0 Å². The summed E-state index contributed by atoms with van der Waals surface area (Å²) in [6.45, 7) is 0.244. The van der Waals surface area contributed by atoms with Crippen LogP contribution >= 0.6 is 0 Å². The number of rotatable bonds is 7. The summed E-state index contributed by atoms with van der Waals surface area (Å²) >= 11 is 0. The van der Waals surface area contributed by atoms with E-state index in [4.69, 9.17) is 4.74 Å². The van der Waals surface area contributed by atoms with Crippen molar-refractivity contribution >= 4 is 6.09 Å². The van der Waals surface area contributed by atoms with Crippen molar-refractivity contribution in [1.82, 2.24) is 15.3 Å². The summed E-state index contributed by atoms with van der Waals surface area (Å²) in [6.07, 6.45) is 4.19. The number of hydrogen-bond donors (Lipinski definition) is 2. The molecule has 0 radical (unpaired) electrons. The van der Waals surface area contributed by atoms with E-state index in [0.29, 0.717) is 16.7 Å². The van der Waals surface area contributed by atoms with Crippen LogP contribution in [0.5, 0.6) is 0 Å². The standard InChI is InChI=1S/C26H22FN3O3/c27-23-12-10-20(11-13-23)24(33-25(31)30-16-19-6-2-1-3-7-19)26(32,21-8-4-14-28-17-21)22-9-5-15-29-18-22/h1-15,17-18,24,32H,16H2,(H,30,31)/t24-/m1/s1. The molecule has 166 valence electrons. The zero-order chi connectivity index (χ0) is 23.1. The van der Waals surface area contributed by atoms with E-state index in [0.717, 1.165) is 5.56 Å². The monoisotopic (exact) mass is 443 g/mol. The van der Waals surface area contributed by atoms with Gasteiger partial charge in [-0.3, -0.25) is 9.97 Å². The van der Waals surface area contributed by atoms with Gasteiger partial charge in [0.15, 0.2) is 11.7 Å². The Kier molecular flexibility index (Phi) is 6.71. The molecule has 0 fully saturated rings. The Bertz CT molecular complexity index is 1130. The number of hydrogen-bond acceptors (Lipinski definition) is 5. The molecule has 0 saturated carbocycles. The van der Waals surface area contributed by atoms with Crippen molar-refractivity contribution in [1.29, 1.82) is 0 Å². The molecule has 0 spiro atoms. The number of aliphatic hydroxyl groups is 1. The molecule has 0 unspecified atom stereocenters. The highest BCUT2D eigenvalue weighted by atomic mass is 19.1. The van der Waals surface area contributed by atoms with Crippen LogP contribution in [0.15, 0.2) is 104 Å². The second-order valence-corrected chi connectivity index (χ2v) is 7.43. The molecule has 4 rings (SSSR count). The van der Waals surface area contributed by atoms with Crippen LogP contribution in [-0.2, 0) is 16.9 Å². The van der Waals surface area contributed by atoms with Crippen LogP contribution in [0.2, 0.25) is 0 Å². The minimum absolute atomic E-state index is 0.244. The molecule has 6 nitrogen and oxygen atoms in total. The normalized spacial score (nSPS) is 12.1. The number of amides is 1. The molecule has 0 aliphatic heterocycles. The van der Waals surface area contributed by atoms with Gasteiger partial charge >= 0.3 is 6.09 Å². The van der Waals surface area contributed by atoms with Crippen molar-refractivity contribution in [3.63, 3.8) is 0 Å². The lowest BCUT2D eigenvalue weighted by molar-refractivity contribution is -0.0597. The third-order valence-corrected chi connectivity index (χ3v) is 5.26. The first-order valence-corrected chi connectivity index (χ1v) is 10.3. The van der Waals surface area contributed by atoms with Gasteiger partial charge in [0.1, 0.15) is 5.82 Å². The van der Waals surface area contributed by atoms with E-state index in [1.54, 1.807) is 36.7 Å². The SMILES string of the molecule is O=C(NCc1ccccc1)O[C@H](c1ccc(F)cc1)C(O)(c1cccnc1)c1cccnc1. The largest absolute Gasteiger partial charge is 0.437 e. The quantitative estimate of drug-likeness (QED) is 0.439. The molecule has 0 bridgehead atoms. The summed E-state index contributed by atoms with van der Waals surface area (Å²) < 4.78 is 19.5. The van der Waals surface area contributed by atoms with E-state index in [1.165, 1.54) is 36.7 Å². The number of aromatic nitrogens is 2. The average Bonchev–Trinajstić information content (AvgIpc) is 2.88. The predicted octanol–water partition coefficient (Wildman–Crippen LogP) is 4.52. The summed E-state index contributed by atoms with van der Waals surface area (Å²) in [5.74, 6) is -0.447. The maximum absolute atomic E-state index is 13.7. The average molecular weight is 443 g/mol. The zero-order valence-corrected chi connectivity index (χ0v) is 17.6. The van der Waals surface area contributed by atoms with Crippen LogP contribution in [0.3, 0.4) is 0 Å². The third kappa shape index (κ3) is 5.05. The topological polar surface area (TPSA) is 84.3 Å². The van der Waals surface area contributed by atoms with Gasteiger partial charge in [-0.15, -0.1) is 0 Å². The number of benzene rings is 2. The summed E-state index contributed by atoms with van der Waals surface area (Å²) in [7, 11) is 0. The molecule has 1 atom stereocenters. The van der Waals surface area contributed by atoms with Gasteiger partial charge in [0.2, 0.25) is 0 Å². The Morgan fingerprint density at radius 1 is 0.909 bits per heavy atom. The lowest BCUT2D eigenvalue weighted by Gasteiger charge is -2.36. The minimum Gasteiger partial charge on any atom is -0.437 e. The number of nitrogens with one attached hydrogen (secondary N) is 1. The van der Waals surface area contributed by atoms with E-state index in [1.807, 2.05) is 30.3 Å².